The number of hydrogen-bond donors (Lipinski definition) is 1. The molecular formula is C16H23N3O. The molecule has 1 aromatic rings. The number of amides is 1. The number of piperazine rings is 1. The number of carbonyl (C=O) groups excluding carboxylic acids is 1. The lowest BCUT2D eigenvalue weighted by molar-refractivity contribution is -0.135. The van der Waals surface area contributed by atoms with Gasteiger partial charge in [0.15, 0.2) is 0 Å². The third kappa shape index (κ3) is 2.45. The third-order valence-corrected chi connectivity index (χ3v) is 4.73. The Morgan fingerprint density at radius 3 is 2.30 bits per heavy atom. The molecule has 1 aromatic carbocycles. The van der Waals surface area contributed by atoms with Crippen molar-refractivity contribution in [3.8, 4) is 0 Å². The third-order valence-electron chi connectivity index (χ3n) is 4.73. The van der Waals surface area contributed by atoms with Crippen LogP contribution in [0.15, 0.2) is 30.3 Å². The van der Waals surface area contributed by atoms with Crippen LogP contribution in [0.3, 0.4) is 0 Å². The Balaban J connectivity index is 1.69. The Morgan fingerprint density at radius 2 is 1.75 bits per heavy atom. The Labute approximate surface area is 120 Å². The monoisotopic (exact) mass is 273 g/mol. The minimum absolute atomic E-state index is 0.180. The summed E-state index contributed by atoms with van der Waals surface area (Å²) in [5.74, 6) is 0.180. The van der Waals surface area contributed by atoms with Crippen LogP contribution in [0.5, 0.6) is 0 Å². The summed E-state index contributed by atoms with van der Waals surface area (Å²) in [5, 5.41) is 2.07. The predicted molar refractivity (Wildman–Crippen MR) is 79.2 cm³/mol. The van der Waals surface area contributed by atoms with Crippen molar-refractivity contribution in [2.45, 2.75) is 24.7 Å². The second kappa shape index (κ2) is 5.54. The number of rotatable bonds is 3. The zero-order valence-electron chi connectivity index (χ0n) is 12.1. The first-order chi connectivity index (χ1) is 9.71. The van der Waals surface area contributed by atoms with Gasteiger partial charge in [-0.15, -0.1) is 0 Å². The Hall–Kier alpha value is -1.39. The molecule has 108 valence electrons. The highest BCUT2D eigenvalue weighted by Crippen LogP contribution is 2.43. The molecule has 0 spiro atoms. The molecule has 4 nitrogen and oxygen atoms in total. The van der Waals surface area contributed by atoms with Crippen molar-refractivity contribution in [3.63, 3.8) is 0 Å². The second-order valence-corrected chi connectivity index (χ2v) is 6.03. The lowest BCUT2D eigenvalue weighted by atomic mass is 9.64. The fourth-order valence-corrected chi connectivity index (χ4v) is 3.10. The zero-order valence-corrected chi connectivity index (χ0v) is 12.1. The summed E-state index contributed by atoms with van der Waals surface area (Å²) >= 11 is 0. The standard InChI is InChI=1S/C16H23N3O/c1-18-10-12-19(13-11-18)17-15(20)16(8-5-9-16)14-6-3-2-4-7-14/h2-4,6-7H,5,8-13H2,1H3,(H,17,20). The largest absolute Gasteiger partial charge is 0.304 e. The maximum atomic E-state index is 12.7. The molecule has 4 heteroatoms. The lowest BCUT2D eigenvalue weighted by Gasteiger charge is -2.43. The summed E-state index contributed by atoms with van der Waals surface area (Å²) in [6.45, 7) is 3.84. The van der Waals surface area contributed by atoms with E-state index < -0.39 is 0 Å². The Morgan fingerprint density at radius 1 is 1.10 bits per heavy atom. The van der Waals surface area contributed by atoms with Crippen molar-refractivity contribution in [3.05, 3.63) is 35.9 Å². The molecule has 1 N–H and O–H groups in total. The van der Waals surface area contributed by atoms with Crippen LogP contribution in [0.2, 0.25) is 0 Å². The van der Waals surface area contributed by atoms with E-state index in [4.69, 9.17) is 0 Å². The summed E-state index contributed by atoms with van der Waals surface area (Å²) in [6.07, 6.45) is 3.08. The smallest absolute Gasteiger partial charge is 0.244 e. The van der Waals surface area contributed by atoms with Crippen LogP contribution in [0.25, 0.3) is 0 Å². The first-order valence-corrected chi connectivity index (χ1v) is 7.51. The predicted octanol–water partition coefficient (Wildman–Crippen LogP) is 1.39. The van der Waals surface area contributed by atoms with Crippen LogP contribution in [0, 0.1) is 0 Å². The van der Waals surface area contributed by atoms with E-state index in [0.717, 1.165) is 51.0 Å². The van der Waals surface area contributed by atoms with Crippen LogP contribution < -0.4 is 5.43 Å². The van der Waals surface area contributed by atoms with Crippen LogP contribution in [-0.2, 0) is 10.2 Å². The van der Waals surface area contributed by atoms with E-state index in [-0.39, 0.29) is 11.3 Å². The maximum absolute atomic E-state index is 12.7. The number of nitrogens with zero attached hydrogens (tertiary/aromatic N) is 2. The number of carbonyl (C=O) groups is 1. The first kappa shape index (κ1) is 13.6. The Bertz CT molecular complexity index is 462. The van der Waals surface area contributed by atoms with Crippen LogP contribution in [0.1, 0.15) is 24.8 Å². The molecule has 1 saturated carbocycles. The van der Waals surface area contributed by atoms with Gasteiger partial charge in [0, 0.05) is 26.2 Å². The molecular weight excluding hydrogens is 250 g/mol. The van der Waals surface area contributed by atoms with Gasteiger partial charge in [0.1, 0.15) is 0 Å². The molecule has 1 amide bonds. The molecule has 0 bridgehead atoms. The first-order valence-electron chi connectivity index (χ1n) is 7.51. The summed E-state index contributed by atoms with van der Waals surface area (Å²) < 4.78 is 0. The van der Waals surface area contributed by atoms with Gasteiger partial charge in [-0.05, 0) is 25.5 Å². The molecule has 1 aliphatic heterocycles. The van der Waals surface area contributed by atoms with Crippen LogP contribution in [0.4, 0.5) is 0 Å². The molecule has 0 atom stereocenters. The molecule has 0 unspecified atom stereocenters. The van der Waals surface area contributed by atoms with E-state index in [1.807, 2.05) is 18.2 Å². The average molecular weight is 273 g/mol. The molecule has 3 rings (SSSR count). The minimum atomic E-state index is -0.287. The number of hydrogen-bond acceptors (Lipinski definition) is 3. The molecule has 2 fully saturated rings. The molecule has 0 radical (unpaired) electrons. The van der Waals surface area contributed by atoms with Crippen molar-refractivity contribution in [2.24, 2.45) is 0 Å². The van der Waals surface area contributed by atoms with E-state index in [1.54, 1.807) is 0 Å². The van der Waals surface area contributed by atoms with Gasteiger partial charge in [-0.3, -0.25) is 10.2 Å². The topological polar surface area (TPSA) is 35.6 Å². The van der Waals surface area contributed by atoms with Gasteiger partial charge in [-0.1, -0.05) is 36.8 Å². The molecule has 1 saturated heterocycles. The van der Waals surface area contributed by atoms with Gasteiger partial charge in [-0.25, -0.2) is 5.01 Å². The highest BCUT2D eigenvalue weighted by molar-refractivity contribution is 5.88. The zero-order chi connectivity index (χ0) is 14.0. The van der Waals surface area contributed by atoms with Gasteiger partial charge in [0.2, 0.25) is 5.91 Å². The van der Waals surface area contributed by atoms with Gasteiger partial charge in [0.05, 0.1) is 5.41 Å². The molecule has 20 heavy (non-hydrogen) atoms. The van der Waals surface area contributed by atoms with Crippen LogP contribution in [-0.4, -0.2) is 49.0 Å². The minimum Gasteiger partial charge on any atom is -0.304 e. The summed E-state index contributed by atoms with van der Waals surface area (Å²) in [7, 11) is 2.12. The van der Waals surface area contributed by atoms with Crippen molar-refractivity contribution in [1.82, 2.24) is 15.3 Å². The fourth-order valence-electron chi connectivity index (χ4n) is 3.10. The molecule has 1 aliphatic carbocycles. The van der Waals surface area contributed by atoms with Crippen molar-refractivity contribution in [2.75, 3.05) is 33.2 Å². The van der Waals surface area contributed by atoms with Crippen molar-refractivity contribution in [1.29, 1.82) is 0 Å². The number of benzene rings is 1. The molecule has 0 aromatic heterocycles. The lowest BCUT2D eigenvalue weighted by Crippen LogP contribution is -2.58. The van der Waals surface area contributed by atoms with E-state index in [9.17, 15) is 4.79 Å². The second-order valence-electron chi connectivity index (χ2n) is 6.03. The Kier molecular flexibility index (Phi) is 3.76. The quantitative estimate of drug-likeness (QED) is 0.904. The molecule has 1 heterocycles. The van der Waals surface area contributed by atoms with Crippen molar-refractivity contribution < 1.29 is 4.79 Å². The highest BCUT2D eigenvalue weighted by atomic mass is 16.2. The van der Waals surface area contributed by atoms with Crippen molar-refractivity contribution >= 4 is 5.91 Å². The number of nitrogens with one attached hydrogen (secondary N) is 1. The van der Waals surface area contributed by atoms with Crippen LogP contribution >= 0.6 is 0 Å². The van der Waals surface area contributed by atoms with Gasteiger partial charge in [0.25, 0.3) is 0 Å². The van der Waals surface area contributed by atoms with E-state index in [1.165, 1.54) is 0 Å². The fraction of sp³-hybridized carbons (Fsp3) is 0.562. The number of likely N-dealkylation sites (N-methyl/N-ethyl adjacent to an activating group) is 1. The summed E-state index contributed by atoms with van der Waals surface area (Å²) in [4.78, 5) is 15.0. The maximum Gasteiger partial charge on any atom is 0.244 e. The average Bonchev–Trinajstić information content (AvgIpc) is 2.41. The van der Waals surface area contributed by atoms with Gasteiger partial charge >= 0.3 is 0 Å². The SMILES string of the molecule is CN1CCN(NC(=O)C2(c3ccccc3)CCC2)CC1. The summed E-state index contributed by atoms with van der Waals surface area (Å²) in [6, 6.07) is 10.2. The molecule has 2 aliphatic rings. The highest BCUT2D eigenvalue weighted by Gasteiger charge is 2.46. The normalized spacial score (nSPS) is 23.1. The van der Waals surface area contributed by atoms with E-state index in [2.05, 4.69) is 34.5 Å². The van der Waals surface area contributed by atoms with E-state index in [0.29, 0.717) is 0 Å². The van der Waals surface area contributed by atoms with Gasteiger partial charge < -0.3 is 4.90 Å². The number of hydrazine groups is 1. The van der Waals surface area contributed by atoms with E-state index >= 15 is 0 Å². The summed E-state index contributed by atoms with van der Waals surface area (Å²) in [5.41, 5.74) is 4.03. The van der Waals surface area contributed by atoms with Gasteiger partial charge in [-0.2, -0.15) is 0 Å².